The summed E-state index contributed by atoms with van der Waals surface area (Å²) >= 11 is 0. The summed E-state index contributed by atoms with van der Waals surface area (Å²) in [5, 5.41) is 9.52. The molecule has 1 aromatic carbocycles. The van der Waals surface area contributed by atoms with Gasteiger partial charge in [-0.15, -0.1) is 0 Å². The number of rotatable bonds is 7. The van der Waals surface area contributed by atoms with Crippen molar-refractivity contribution in [1.82, 2.24) is 14.0 Å². The first-order chi connectivity index (χ1) is 15.2. The fourth-order valence-corrected chi connectivity index (χ4v) is 6.18. The Morgan fingerprint density at radius 3 is 2.42 bits per heavy atom. The second kappa shape index (κ2) is 10.8. The molecule has 2 aliphatic rings. The van der Waals surface area contributed by atoms with Gasteiger partial charge in [-0.3, -0.25) is 9.13 Å². The van der Waals surface area contributed by atoms with E-state index in [0.717, 1.165) is 49.3 Å². The van der Waals surface area contributed by atoms with Gasteiger partial charge in [0.05, 0.1) is 11.0 Å². The van der Waals surface area contributed by atoms with Crippen LogP contribution in [0, 0.1) is 11.8 Å². The molecule has 1 aromatic heterocycles. The molecule has 5 heteroatoms. The molecular formula is C26H41N3O2. The molecule has 1 aliphatic carbocycles. The fourth-order valence-electron chi connectivity index (χ4n) is 6.18. The number of piperidine rings is 1. The third-order valence-corrected chi connectivity index (χ3v) is 7.77. The van der Waals surface area contributed by atoms with Crippen LogP contribution in [0.2, 0.25) is 0 Å². The molecule has 0 bridgehead atoms. The normalized spacial score (nSPS) is 24.3. The lowest BCUT2D eigenvalue weighted by molar-refractivity contribution is 0.0923. The Morgan fingerprint density at radius 2 is 1.71 bits per heavy atom. The van der Waals surface area contributed by atoms with Gasteiger partial charge in [0.2, 0.25) is 0 Å². The lowest BCUT2D eigenvalue weighted by atomic mass is 9.86. The highest BCUT2D eigenvalue weighted by Crippen LogP contribution is 2.34. The van der Waals surface area contributed by atoms with Crippen molar-refractivity contribution in [2.75, 3.05) is 26.2 Å². The van der Waals surface area contributed by atoms with Crippen LogP contribution in [0.3, 0.4) is 0 Å². The maximum absolute atomic E-state index is 13.4. The molecule has 1 aliphatic heterocycles. The van der Waals surface area contributed by atoms with Crippen LogP contribution in [0.25, 0.3) is 11.0 Å². The zero-order valence-corrected chi connectivity index (χ0v) is 19.3. The van der Waals surface area contributed by atoms with Gasteiger partial charge in [-0.2, -0.15) is 0 Å². The van der Waals surface area contributed by atoms with E-state index in [0.29, 0.717) is 12.5 Å². The van der Waals surface area contributed by atoms with Gasteiger partial charge in [-0.1, -0.05) is 44.2 Å². The molecule has 5 nitrogen and oxygen atoms in total. The van der Waals surface area contributed by atoms with Gasteiger partial charge in [0.1, 0.15) is 0 Å². The Morgan fingerprint density at radius 1 is 1.00 bits per heavy atom. The molecule has 0 amide bonds. The predicted molar refractivity (Wildman–Crippen MR) is 128 cm³/mol. The summed E-state index contributed by atoms with van der Waals surface area (Å²) in [5.74, 6) is 1.25. The third kappa shape index (κ3) is 5.09. The van der Waals surface area contributed by atoms with E-state index in [1.807, 2.05) is 16.7 Å². The molecular weight excluding hydrogens is 386 g/mol. The Bertz CT molecular complexity index is 878. The Balaban J connectivity index is 1.55. The number of aliphatic hydroxyl groups is 1. The van der Waals surface area contributed by atoms with Gasteiger partial charge in [0.15, 0.2) is 0 Å². The zero-order chi connectivity index (χ0) is 21.6. The Labute approximate surface area is 187 Å². The third-order valence-electron chi connectivity index (χ3n) is 7.77. The number of likely N-dealkylation sites (tertiary alicyclic amines) is 1. The largest absolute Gasteiger partial charge is 0.396 e. The topological polar surface area (TPSA) is 50.4 Å². The quantitative estimate of drug-likeness (QED) is 0.689. The van der Waals surface area contributed by atoms with Crippen LogP contribution < -0.4 is 5.69 Å². The first-order valence-electron chi connectivity index (χ1n) is 12.8. The molecule has 1 N–H and O–H groups in total. The first-order valence-corrected chi connectivity index (χ1v) is 12.8. The number of hydrogen-bond acceptors (Lipinski definition) is 3. The van der Waals surface area contributed by atoms with E-state index in [1.165, 1.54) is 51.5 Å². The molecule has 1 saturated heterocycles. The SMILES string of the molecule is CCn1c(=O)n(C2CCN(CC3CCCCCCC3)CC2CCCO)c2ccccc21. The van der Waals surface area contributed by atoms with E-state index < -0.39 is 0 Å². The number of fused-ring (bicyclic) bond motifs is 1. The number of aromatic nitrogens is 2. The van der Waals surface area contributed by atoms with Gasteiger partial charge < -0.3 is 10.0 Å². The van der Waals surface area contributed by atoms with E-state index in [4.69, 9.17) is 0 Å². The van der Waals surface area contributed by atoms with Crippen molar-refractivity contribution in [2.45, 2.75) is 83.7 Å². The molecule has 172 valence electrons. The molecule has 0 spiro atoms. The zero-order valence-electron chi connectivity index (χ0n) is 19.3. The van der Waals surface area contributed by atoms with Crippen LogP contribution in [0.15, 0.2) is 29.1 Å². The minimum Gasteiger partial charge on any atom is -0.396 e. The van der Waals surface area contributed by atoms with Crippen molar-refractivity contribution in [1.29, 1.82) is 0 Å². The monoisotopic (exact) mass is 427 g/mol. The van der Waals surface area contributed by atoms with Crippen molar-refractivity contribution >= 4 is 11.0 Å². The van der Waals surface area contributed by atoms with E-state index in [2.05, 4.69) is 28.5 Å². The lowest BCUT2D eigenvalue weighted by Gasteiger charge is -2.40. The van der Waals surface area contributed by atoms with Crippen molar-refractivity contribution in [3.63, 3.8) is 0 Å². The van der Waals surface area contributed by atoms with Crippen LogP contribution in [-0.2, 0) is 6.54 Å². The predicted octanol–water partition coefficient (Wildman–Crippen LogP) is 4.82. The van der Waals surface area contributed by atoms with Gasteiger partial charge in [0.25, 0.3) is 0 Å². The van der Waals surface area contributed by atoms with E-state index in [9.17, 15) is 9.90 Å². The second-order valence-electron chi connectivity index (χ2n) is 9.84. The van der Waals surface area contributed by atoms with Crippen LogP contribution in [0.4, 0.5) is 0 Å². The van der Waals surface area contributed by atoms with Crippen LogP contribution >= 0.6 is 0 Å². The maximum atomic E-state index is 13.4. The molecule has 2 fully saturated rings. The summed E-state index contributed by atoms with van der Waals surface area (Å²) in [5.41, 5.74) is 2.26. The molecule has 4 rings (SSSR count). The first kappa shape index (κ1) is 22.6. The van der Waals surface area contributed by atoms with Gasteiger partial charge in [-0.05, 0) is 63.0 Å². The second-order valence-corrected chi connectivity index (χ2v) is 9.84. The van der Waals surface area contributed by atoms with Crippen molar-refractivity contribution in [3.8, 4) is 0 Å². The highest BCUT2D eigenvalue weighted by Gasteiger charge is 2.33. The van der Waals surface area contributed by atoms with E-state index in [1.54, 1.807) is 0 Å². The van der Waals surface area contributed by atoms with Crippen LogP contribution in [0.5, 0.6) is 0 Å². The maximum Gasteiger partial charge on any atom is 0.329 e. The summed E-state index contributed by atoms with van der Waals surface area (Å²) in [6.07, 6.45) is 12.6. The summed E-state index contributed by atoms with van der Waals surface area (Å²) < 4.78 is 4.01. The Kier molecular flexibility index (Phi) is 7.89. The average Bonchev–Trinajstić information content (AvgIpc) is 3.05. The smallest absolute Gasteiger partial charge is 0.329 e. The molecule has 2 atom stereocenters. The van der Waals surface area contributed by atoms with E-state index in [-0.39, 0.29) is 18.3 Å². The van der Waals surface area contributed by atoms with Gasteiger partial charge >= 0.3 is 5.69 Å². The van der Waals surface area contributed by atoms with E-state index >= 15 is 0 Å². The number of aliphatic hydroxyl groups excluding tert-OH is 1. The van der Waals surface area contributed by atoms with Crippen LogP contribution in [-0.4, -0.2) is 45.4 Å². The van der Waals surface area contributed by atoms with Crippen molar-refractivity contribution in [3.05, 3.63) is 34.7 Å². The fraction of sp³-hybridized carbons (Fsp3) is 0.731. The summed E-state index contributed by atoms with van der Waals surface area (Å²) in [4.78, 5) is 16.0. The summed E-state index contributed by atoms with van der Waals surface area (Å²) in [7, 11) is 0. The number of aryl methyl sites for hydroxylation is 1. The standard InChI is InChI=1S/C26H41N3O2/c1-2-28-24-14-8-9-15-25(24)29(26(28)31)23-16-17-27(20-22(23)13-10-18-30)19-21-11-6-4-3-5-7-12-21/h8-9,14-15,21-23,30H,2-7,10-13,16-20H2,1H3. The number of benzene rings is 1. The van der Waals surface area contributed by atoms with Crippen molar-refractivity contribution < 1.29 is 5.11 Å². The van der Waals surface area contributed by atoms with Crippen LogP contribution in [0.1, 0.15) is 77.2 Å². The molecule has 2 aromatic rings. The molecule has 0 radical (unpaired) electrons. The average molecular weight is 428 g/mol. The summed E-state index contributed by atoms with van der Waals surface area (Å²) in [6.45, 7) is 6.34. The molecule has 1 saturated carbocycles. The summed E-state index contributed by atoms with van der Waals surface area (Å²) in [6, 6.07) is 8.48. The highest BCUT2D eigenvalue weighted by atomic mass is 16.3. The highest BCUT2D eigenvalue weighted by molar-refractivity contribution is 5.76. The Hall–Kier alpha value is -1.59. The number of para-hydroxylation sites is 2. The number of nitrogens with zero attached hydrogens (tertiary/aromatic N) is 3. The molecule has 31 heavy (non-hydrogen) atoms. The van der Waals surface area contributed by atoms with Crippen molar-refractivity contribution in [2.24, 2.45) is 11.8 Å². The minimum atomic E-state index is 0.135. The lowest BCUT2D eigenvalue weighted by Crippen LogP contribution is -2.45. The number of imidazole rings is 1. The molecule has 2 heterocycles. The van der Waals surface area contributed by atoms with Gasteiger partial charge in [-0.25, -0.2) is 4.79 Å². The van der Waals surface area contributed by atoms with Gasteiger partial charge in [0, 0.05) is 38.8 Å². The number of hydrogen-bond donors (Lipinski definition) is 1. The molecule has 2 unspecified atom stereocenters. The minimum absolute atomic E-state index is 0.135.